The Morgan fingerprint density at radius 1 is 1.40 bits per heavy atom. The van der Waals surface area contributed by atoms with Gasteiger partial charge in [-0.25, -0.2) is 4.39 Å². The van der Waals surface area contributed by atoms with Crippen LogP contribution in [0.15, 0.2) is 24.4 Å². The van der Waals surface area contributed by atoms with Crippen LogP contribution in [-0.4, -0.2) is 43.5 Å². The topological polar surface area (TPSA) is 62.5 Å². The molecule has 0 saturated heterocycles. The first kappa shape index (κ1) is 14.0. The number of hydrogen-bond donors (Lipinski definition) is 1. The number of nitrogens with zero attached hydrogens (tertiary/aromatic N) is 3. The van der Waals surface area contributed by atoms with Gasteiger partial charge in [0, 0.05) is 38.4 Å². The number of nitrogen functional groups attached to an aromatic ring is 1. The summed E-state index contributed by atoms with van der Waals surface area (Å²) >= 11 is 0. The number of halogens is 1. The Morgan fingerprint density at radius 3 is 2.75 bits per heavy atom. The van der Waals surface area contributed by atoms with Crippen LogP contribution < -0.4 is 10.6 Å². The minimum atomic E-state index is -0.484. The molecule has 0 unspecified atom stereocenters. The van der Waals surface area contributed by atoms with Gasteiger partial charge < -0.3 is 15.5 Å². The molecule has 1 heterocycles. The highest BCUT2D eigenvalue weighted by atomic mass is 19.1. The van der Waals surface area contributed by atoms with Gasteiger partial charge in [0.15, 0.2) is 5.82 Å². The van der Waals surface area contributed by atoms with E-state index in [4.69, 9.17) is 5.73 Å². The maximum absolute atomic E-state index is 14.2. The van der Waals surface area contributed by atoms with E-state index in [2.05, 4.69) is 4.98 Å². The highest BCUT2D eigenvalue weighted by Crippen LogP contribution is 2.31. The first-order chi connectivity index (χ1) is 9.41. The van der Waals surface area contributed by atoms with E-state index in [0.29, 0.717) is 16.6 Å². The predicted octanol–water partition coefficient (Wildman–Crippen LogP) is 1.48. The van der Waals surface area contributed by atoms with E-state index in [0.717, 1.165) is 0 Å². The zero-order chi connectivity index (χ0) is 14.9. The summed E-state index contributed by atoms with van der Waals surface area (Å²) in [6, 6.07) is 4.78. The number of nitrogens with two attached hydrogens (primary N) is 1. The number of fused-ring (bicyclic) bond motifs is 1. The zero-order valence-electron chi connectivity index (χ0n) is 11.7. The number of carbonyl (C=O) groups is 1. The van der Waals surface area contributed by atoms with Crippen LogP contribution in [-0.2, 0) is 4.79 Å². The second-order valence-electron chi connectivity index (χ2n) is 4.84. The number of benzene rings is 1. The summed E-state index contributed by atoms with van der Waals surface area (Å²) in [6.07, 6.45) is 1.58. The van der Waals surface area contributed by atoms with E-state index in [9.17, 15) is 9.18 Å². The van der Waals surface area contributed by atoms with Crippen LogP contribution in [0.2, 0.25) is 0 Å². The third kappa shape index (κ3) is 2.49. The molecular formula is C14H17FN4O. The van der Waals surface area contributed by atoms with Gasteiger partial charge >= 0.3 is 0 Å². The van der Waals surface area contributed by atoms with Gasteiger partial charge in [-0.2, -0.15) is 0 Å². The largest absolute Gasteiger partial charge is 0.398 e. The van der Waals surface area contributed by atoms with E-state index in [1.54, 1.807) is 44.4 Å². The van der Waals surface area contributed by atoms with Crippen molar-refractivity contribution < 1.29 is 9.18 Å². The van der Waals surface area contributed by atoms with Crippen molar-refractivity contribution in [2.45, 2.75) is 0 Å². The molecule has 106 valence electrons. The molecule has 0 atom stereocenters. The fourth-order valence-electron chi connectivity index (χ4n) is 2.01. The Bertz CT molecular complexity index is 657. The molecule has 2 aromatic rings. The van der Waals surface area contributed by atoms with E-state index in [1.807, 2.05) is 0 Å². The second-order valence-corrected chi connectivity index (χ2v) is 4.84. The monoisotopic (exact) mass is 276 g/mol. The van der Waals surface area contributed by atoms with Gasteiger partial charge in [-0.15, -0.1) is 0 Å². The van der Waals surface area contributed by atoms with Crippen molar-refractivity contribution >= 4 is 28.2 Å². The Kier molecular flexibility index (Phi) is 3.74. The average Bonchev–Trinajstić information content (AvgIpc) is 2.38. The van der Waals surface area contributed by atoms with E-state index >= 15 is 0 Å². The summed E-state index contributed by atoms with van der Waals surface area (Å²) in [5, 5.41) is 0.674. The standard InChI is InChI=1S/C14H17FN4O/c1-18(2)12(20)8-19(3)14-10(15)7-11(16)9-5-4-6-17-13(9)14/h4-7H,8,16H2,1-3H3. The minimum absolute atomic E-state index is 0.0690. The van der Waals surface area contributed by atoms with Crippen molar-refractivity contribution in [3.63, 3.8) is 0 Å². The van der Waals surface area contributed by atoms with Crippen molar-refractivity contribution in [1.29, 1.82) is 0 Å². The summed E-state index contributed by atoms with van der Waals surface area (Å²) in [7, 11) is 4.97. The molecule has 0 aliphatic carbocycles. The lowest BCUT2D eigenvalue weighted by atomic mass is 10.1. The van der Waals surface area contributed by atoms with Gasteiger partial charge in [-0.1, -0.05) is 0 Å². The fourth-order valence-corrected chi connectivity index (χ4v) is 2.01. The molecule has 1 amide bonds. The molecule has 2 rings (SSSR count). The normalized spacial score (nSPS) is 10.6. The van der Waals surface area contributed by atoms with Gasteiger partial charge in [0.2, 0.25) is 5.91 Å². The molecule has 0 bridgehead atoms. The first-order valence-corrected chi connectivity index (χ1v) is 6.15. The Balaban J connectivity index is 2.51. The van der Waals surface area contributed by atoms with Gasteiger partial charge in [0.05, 0.1) is 17.7 Å². The number of likely N-dealkylation sites (N-methyl/N-ethyl adjacent to an activating group) is 2. The maximum atomic E-state index is 14.2. The van der Waals surface area contributed by atoms with Crippen LogP contribution in [0.25, 0.3) is 10.9 Å². The van der Waals surface area contributed by atoms with Crippen LogP contribution in [0.3, 0.4) is 0 Å². The molecule has 0 fully saturated rings. The first-order valence-electron chi connectivity index (χ1n) is 6.15. The third-order valence-electron chi connectivity index (χ3n) is 3.10. The fraction of sp³-hybridized carbons (Fsp3) is 0.286. The van der Waals surface area contributed by atoms with Crippen LogP contribution in [0, 0.1) is 5.82 Å². The molecule has 1 aromatic heterocycles. The average molecular weight is 276 g/mol. The van der Waals surface area contributed by atoms with Gasteiger partial charge in [-0.3, -0.25) is 9.78 Å². The SMILES string of the molecule is CN(C)C(=O)CN(C)c1c(F)cc(N)c2cccnc12. The molecule has 20 heavy (non-hydrogen) atoms. The van der Waals surface area contributed by atoms with Crippen LogP contribution in [0.5, 0.6) is 0 Å². The van der Waals surface area contributed by atoms with E-state index in [1.165, 1.54) is 11.0 Å². The van der Waals surface area contributed by atoms with Gasteiger partial charge in [-0.05, 0) is 18.2 Å². The molecule has 0 saturated carbocycles. The van der Waals surface area contributed by atoms with Gasteiger partial charge in [0.1, 0.15) is 0 Å². The minimum Gasteiger partial charge on any atom is -0.398 e. The van der Waals surface area contributed by atoms with Crippen LogP contribution in [0.1, 0.15) is 0 Å². The molecule has 0 radical (unpaired) electrons. The van der Waals surface area contributed by atoms with Crippen molar-refractivity contribution in [1.82, 2.24) is 9.88 Å². The second kappa shape index (κ2) is 5.32. The third-order valence-corrected chi connectivity index (χ3v) is 3.10. The lowest BCUT2D eigenvalue weighted by molar-refractivity contribution is -0.127. The highest BCUT2D eigenvalue weighted by molar-refractivity contribution is 5.99. The van der Waals surface area contributed by atoms with E-state index < -0.39 is 5.82 Å². The number of carbonyl (C=O) groups excluding carboxylic acids is 1. The molecule has 2 N–H and O–H groups in total. The molecule has 0 aliphatic heterocycles. The molecule has 5 nitrogen and oxygen atoms in total. The molecule has 6 heteroatoms. The summed E-state index contributed by atoms with van der Waals surface area (Å²) in [5.41, 5.74) is 6.88. The summed E-state index contributed by atoms with van der Waals surface area (Å²) < 4.78 is 14.2. The van der Waals surface area contributed by atoms with Gasteiger partial charge in [0.25, 0.3) is 0 Å². The van der Waals surface area contributed by atoms with Crippen LogP contribution in [0.4, 0.5) is 15.8 Å². The quantitative estimate of drug-likeness (QED) is 0.863. The molecule has 0 spiro atoms. The molecular weight excluding hydrogens is 259 g/mol. The Morgan fingerprint density at radius 2 is 2.10 bits per heavy atom. The van der Waals surface area contributed by atoms with Crippen molar-refractivity contribution in [3.05, 3.63) is 30.2 Å². The number of aromatic nitrogens is 1. The zero-order valence-corrected chi connectivity index (χ0v) is 11.7. The lowest BCUT2D eigenvalue weighted by Gasteiger charge is -2.23. The van der Waals surface area contributed by atoms with E-state index in [-0.39, 0.29) is 18.1 Å². The number of pyridine rings is 1. The highest BCUT2D eigenvalue weighted by Gasteiger charge is 2.18. The van der Waals surface area contributed by atoms with Crippen molar-refractivity contribution in [3.8, 4) is 0 Å². The van der Waals surface area contributed by atoms with Crippen molar-refractivity contribution in [2.75, 3.05) is 38.3 Å². The maximum Gasteiger partial charge on any atom is 0.241 e. The lowest BCUT2D eigenvalue weighted by Crippen LogP contribution is -2.34. The van der Waals surface area contributed by atoms with Crippen molar-refractivity contribution in [2.24, 2.45) is 0 Å². The number of rotatable bonds is 3. The number of amides is 1. The molecule has 1 aromatic carbocycles. The summed E-state index contributed by atoms with van der Waals surface area (Å²) in [6.45, 7) is 0.0690. The Hall–Kier alpha value is -2.37. The Labute approximate surface area is 116 Å². The summed E-state index contributed by atoms with van der Waals surface area (Å²) in [5.74, 6) is -0.601. The number of hydrogen-bond acceptors (Lipinski definition) is 4. The summed E-state index contributed by atoms with van der Waals surface area (Å²) in [4.78, 5) is 19.0. The van der Waals surface area contributed by atoms with Crippen LogP contribution >= 0.6 is 0 Å². The number of anilines is 2. The smallest absolute Gasteiger partial charge is 0.241 e. The molecule has 0 aliphatic rings. The predicted molar refractivity (Wildman–Crippen MR) is 78.1 cm³/mol.